The Morgan fingerprint density at radius 2 is 2.11 bits per heavy atom. The van der Waals surface area contributed by atoms with E-state index >= 15 is 0 Å². The van der Waals surface area contributed by atoms with Crippen LogP contribution in [0.4, 0.5) is 4.39 Å². The first kappa shape index (κ1) is 14.0. The highest BCUT2D eigenvalue weighted by molar-refractivity contribution is 9.10. The van der Waals surface area contributed by atoms with E-state index in [-0.39, 0.29) is 18.5 Å². The molecule has 102 valence electrons. The lowest BCUT2D eigenvalue weighted by Crippen LogP contribution is -2.40. The molecule has 1 aliphatic rings. The van der Waals surface area contributed by atoms with E-state index < -0.39 is 29.8 Å². The van der Waals surface area contributed by atoms with Gasteiger partial charge in [0.15, 0.2) is 0 Å². The molecule has 1 heterocycles. The zero-order valence-corrected chi connectivity index (χ0v) is 11.3. The fraction of sp³-hybridized carbons (Fsp3) is 0.333. The minimum atomic E-state index is -1.21. The maximum atomic E-state index is 13.7. The number of aliphatic carboxylic acids is 1. The summed E-state index contributed by atoms with van der Waals surface area (Å²) in [6.07, 6.45) is -0.942. The van der Waals surface area contributed by atoms with Crippen molar-refractivity contribution in [3.05, 3.63) is 34.1 Å². The molecule has 0 aromatic heterocycles. The van der Waals surface area contributed by atoms with E-state index in [1.807, 2.05) is 0 Å². The number of β-amino-alcohol motifs (C(OH)–C–C–N with tert-alkyl or cyclic N) is 1. The highest BCUT2D eigenvalue weighted by atomic mass is 79.9. The number of halogens is 2. The van der Waals surface area contributed by atoms with E-state index in [0.29, 0.717) is 4.47 Å². The number of hydrogen-bond acceptors (Lipinski definition) is 3. The van der Waals surface area contributed by atoms with Crippen molar-refractivity contribution in [1.29, 1.82) is 0 Å². The SMILES string of the molecule is O=C(O)[C@@H]1C[C@H](O)CN1C(=O)c1ccc(Br)cc1F. The van der Waals surface area contributed by atoms with Crippen molar-refractivity contribution in [3.63, 3.8) is 0 Å². The number of benzene rings is 1. The van der Waals surface area contributed by atoms with E-state index in [1.165, 1.54) is 12.1 Å². The van der Waals surface area contributed by atoms with Crippen LogP contribution in [0.1, 0.15) is 16.8 Å². The Balaban J connectivity index is 2.30. The summed E-state index contributed by atoms with van der Waals surface area (Å²) in [5.74, 6) is -2.67. The van der Waals surface area contributed by atoms with Gasteiger partial charge in [-0.05, 0) is 18.2 Å². The monoisotopic (exact) mass is 331 g/mol. The smallest absolute Gasteiger partial charge is 0.326 e. The summed E-state index contributed by atoms with van der Waals surface area (Å²) < 4.78 is 14.2. The molecule has 1 fully saturated rings. The van der Waals surface area contributed by atoms with Crippen LogP contribution in [0.5, 0.6) is 0 Å². The minimum Gasteiger partial charge on any atom is -0.480 e. The highest BCUT2D eigenvalue weighted by Gasteiger charge is 2.39. The number of hydrogen-bond donors (Lipinski definition) is 2. The van der Waals surface area contributed by atoms with Gasteiger partial charge in [0, 0.05) is 17.4 Å². The van der Waals surface area contributed by atoms with E-state index in [1.54, 1.807) is 0 Å². The lowest BCUT2D eigenvalue weighted by atomic mass is 10.1. The number of carbonyl (C=O) groups is 2. The van der Waals surface area contributed by atoms with E-state index in [2.05, 4.69) is 15.9 Å². The summed E-state index contributed by atoms with van der Waals surface area (Å²) in [7, 11) is 0. The van der Waals surface area contributed by atoms with E-state index in [9.17, 15) is 19.1 Å². The van der Waals surface area contributed by atoms with Gasteiger partial charge in [0.25, 0.3) is 5.91 Å². The summed E-state index contributed by atoms with van der Waals surface area (Å²) in [6.45, 7) is -0.106. The molecule has 7 heteroatoms. The van der Waals surface area contributed by atoms with Crippen molar-refractivity contribution in [2.45, 2.75) is 18.6 Å². The lowest BCUT2D eigenvalue weighted by molar-refractivity contribution is -0.141. The first-order valence-corrected chi connectivity index (χ1v) is 6.36. The number of likely N-dealkylation sites (tertiary alicyclic amines) is 1. The lowest BCUT2D eigenvalue weighted by Gasteiger charge is -2.21. The average molecular weight is 332 g/mol. The number of nitrogens with zero attached hydrogens (tertiary/aromatic N) is 1. The molecule has 0 aliphatic carbocycles. The van der Waals surface area contributed by atoms with E-state index in [0.717, 1.165) is 11.0 Å². The molecule has 0 bridgehead atoms. The number of aliphatic hydroxyl groups excluding tert-OH is 1. The standard InChI is InChI=1S/C12H11BrFNO4/c13-6-1-2-8(9(14)3-6)11(17)15-5-7(16)4-10(15)12(18)19/h1-3,7,10,16H,4-5H2,(H,18,19)/t7-,10-/m0/s1. The molecule has 1 aliphatic heterocycles. The molecule has 1 amide bonds. The largest absolute Gasteiger partial charge is 0.480 e. The molecule has 19 heavy (non-hydrogen) atoms. The predicted octanol–water partition coefficient (Wildman–Crippen LogP) is 1.25. The molecule has 2 atom stereocenters. The second kappa shape index (κ2) is 5.26. The Morgan fingerprint density at radius 3 is 2.68 bits per heavy atom. The minimum absolute atomic E-state index is 0.0424. The Bertz CT molecular complexity index is 536. The maximum absolute atomic E-state index is 13.7. The first-order valence-electron chi connectivity index (χ1n) is 5.57. The van der Waals surface area contributed by atoms with Crippen molar-refractivity contribution in [1.82, 2.24) is 4.90 Å². The Labute approximate surface area is 116 Å². The summed E-state index contributed by atoms with van der Waals surface area (Å²) in [6, 6.07) is 2.80. The van der Waals surface area contributed by atoms with Crippen LogP contribution < -0.4 is 0 Å². The van der Waals surface area contributed by atoms with Crippen LogP contribution in [0.2, 0.25) is 0 Å². The van der Waals surface area contributed by atoms with Crippen LogP contribution >= 0.6 is 15.9 Å². The second-order valence-corrected chi connectivity index (χ2v) is 5.24. The van der Waals surface area contributed by atoms with Crippen molar-refractivity contribution in [2.24, 2.45) is 0 Å². The third kappa shape index (κ3) is 2.76. The summed E-state index contributed by atoms with van der Waals surface area (Å²) >= 11 is 3.07. The molecule has 0 saturated carbocycles. The fourth-order valence-electron chi connectivity index (χ4n) is 2.09. The number of amides is 1. The van der Waals surface area contributed by atoms with Gasteiger partial charge < -0.3 is 15.1 Å². The second-order valence-electron chi connectivity index (χ2n) is 4.33. The number of carboxylic acid groups (broad SMARTS) is 1. The third-order valence-electron chi connectivity index (χ3n) is 2.99. The van der Waals surface area contributed by atoms with E-state index in [4.69, 9.17) is 5.11 Å². The van der Waals surface area contributed by atoms with Crippen molar-refractivity contribution < 1.29 is 24.2 Å². The molecule has 2 rings (SSSR count). The molecule has 0 radical (unpaired) electrons. The van der Waals surface area contributed by atoms with Crippen molar-refractivity contribution in [3.8, 4) is 0 Å². The number of carbonyl (C=O) groups excluding carboxylic acids is 1. The van der Waals surface area contributed by atoms with Gasteiger partial charge >= 0.3 is 5.97 Å². The first-order chi connectivity index (χ1) is 8.90. The summed E-state index contributed by atoms with van der Waals surface area (Å²) in [5, 5.41) is 18.5. The van der Waals surface area contributed by atoms with Gasteiger partial charge in [0.05, 0.1) is 11.7 Å². The molecule has 2 N–H and O–H groups in total. The molecule has 1 saturated heterocycles. The van der Waals surface area contributed by atoms with Gasteiger partial charge in [-0.15, -0.1) is 0 Å². The number of aliphatic hydroxyl groups is 1. The zero-order chi connectivity index (χ0) is 14.2. The molecule has 1 aromatic rings. The predicted molar refractivity (Wildman–Crippen MR) is 67.2 cm³/mol. The number of rotatable bonds is 2. The average Bonchev–Trinajstić information content (AvgIpc) is 2.70. The van der Waals surface area contributed by atoms with Crippen molar-refractivity contribution in [2.75, 3.05) is 6.54 Å². The normalized spacial score (nSPS) is 22.6. The van der Waals surface area contributed by atoms with Crippen molar-refractivity contribution >= 4 is 27.8 Å². The summed E-state index contributed by atoms with van der Waals surface area (Å²) in [5.41, 5.74) is -0.205. The molecule has 0 unspecified atom stereocenters. The molecule has 0 spiro atoms. The molecule has 1 aromatic carbocycles. The van der Waals surface area contributed by atoms with Gasteiger partial charge in [-0.3, -0.25) is 4.79 Å². The van der Waals surface area contributed by atoms with Gasteiger partial charge in [0.1, 0.15) is 11.9 Å². The number of carboxylic acids is 1. The topological polar surface area (TPSA) is 77.8 Å². The highest BCUT2D eigenvalue weighted by Crippen LogP contribution is 2.23. The van der Waals surface area contributed by atoms with Gasteiger partial charge in [0.2, 0.25) is 0 Å². The molecular weight excluding hydrogens is 321 g/mol. The molecular formula is C12H11BrFNO4. The zero-order valence-electron chi connectivity index (χ0n) is 9.72. The quantitative estimate of drug-likeness (QED) is 0.854. The van der Waals surface area contributed by atoms with Gasteiger partial charge in [-0.2, -0.15) is 0 Å². The van der Waals surface area contributed by atoms with Crippen LogP contribution in [0.15, 0.2) is 22.7 Å². The molecule has 5 nitrogen and oxygen atoms in total. The maximum Gasteiger partial charge on any atom is 0.326 e. The van der Waals surface area contributed by atoms with Crippen LogP contribution in [-0.2, 0) is 4.79 Å². The van der Waals surface area contributed by atoms with Crippen LogP contribution in [0, 0.1) is 5.82 Å². The van der Waals surface area contributed by atoms with Crippen LogP contribution in [0.3, 0.4) is 0 Å². The van der Waals surface area contributed by atoms with Crippen LogP contribution in [-0.4, -0.2) is 45.7 Å². The third-order valence-corrected chi connectivity index (χ3v) is 3.48. The Morgan fingerprint density at radius 1 is 1.42 bits per heavy atom. The Kier molecular flexibility index (Phi) is 3.86. The van der Waals surface area contributed by atoms with Crippen LogP contribution in [0.25, 0.3) is 0 Å². The van der Waals surface area contributed by atoms with Gasteiger partial charge in [-0.1, -0.05) is 15.9 Å². The Hall–Kier alpha value is -1.47. The fourth-order valence-corrected chi connectivity index (χ4v) is 2.42. The summed E-state index contributed by atoms with van der Waals surface area (Å²) in [4.78, 5) is 24.1. The van der Waals surface area contributed by atoms with Gasteiger partial charge in [-0.25, -0.2) is 9.18 Å².